The van der Waals surface area contributed by atoms with Crippen molar-refractivity contribution in [3.8, 4) is 5.82 Å². The molecule has 0 bridgehead atoms. The van der Waals surface area contributed by atoms with Crippen LogP contribution >= 0.6 is 0 Å². The maximum absolute atomic E-state index is 5.36. The highest BCUT2D eigenvalue weighted by Gasteiger charge is 2.10. The summed E-state index contributed by atoms with van der Waals surface area (Å²) in [7, 11) is 0. The van der Waals surface area contributed by atoms with E-state index < -0.39 is 0 Å². The molecule has 0 unspecified atom stereocenters. The van der Waals surface area contributed by atoms with Gasteiger partial charge in [-0.3, -0.25) is 5.43 Å². The molecular formula is C12H18N6. The molecule has 0 aliphatic carbocycles. The summed E-state index contributed by atoms with van der Waals surface area (Å²) in [6.45, 7) is 6.09. The number of rotatable bonds is 4. The second-order valence-electron chi connectivity index (χ2n) is 4.08. The maximum atomic E-state index is 5.36. The van der Waals surface area contributed by atoms with Crippen LogP contribution < -0.4 is 11.3 Å². The van der Waals surface area contributed by atoms with Gasteiger partial charge in [-0.1, -0.05) is 13.8 Å². The van der Waals surface area contributed by atoms with Crippen molar-refractivity contribution >= 4 is 5.95 Å². The van der Waals surface area contributed by atoms with Crippen LogP contribution in [0.25, 0.3) is 5.82 Å². The molecule has 2 aromatic heterocycles. The standard InChI is InChI=1S/C12H18N6/c1-4-9-7-10(5-2)18(17-9)11-6-8(3)14-12(15-11)16-13/h6-7H,4-5,13H2,1-3H3,(H,14,15,16). The maximum Gasteiger partial charge on any atom is 0.239 e. The van der Waals surface area contributed by atoms with Gasteiger partial charge in [-0.25, -0.2) is 15.5 Å². The number of aryl methyl sites for hydroxylation is 3. The first-order valence-electron chi connectivity index (χ1n) is 6.08. The van der Waals surface area contributed by atoms with Crippen LogP contribution in [0.3, 0.4) is 0 Å². The highest BCUT2D eigenvalue weighted by atomic mass is 15.4. The molecule has 2 rings (SSSR count). The molecule has 6 nitrogen and oxygen atoms in total. The number of nitrogen functional groups attached to an aromatic ring is 1. The number of nitrogens with one attached hydrogen (secondary N) is 1. The molecule has 0 spiro atoms. The SMILES string of the molecule is CCc1cc(CC)n(-c2cc(C)nc(NN)n2)n1. The second kappa shape index (κ2) is 5.14. The van der Waals surface area contributed by atoms with Gasteiger partial charge in [-0.2, -0.15) is 10.1 Å². The van der Waals surface area contributed by atoms with Gasteiger partial charge in [0.25, 0.3) is 0 Å². The third-order valence-electron chi connectivity index (χ3n) is 2.74. The van der Waals surface area contributed by atoms with Crippen molar-refractivity contribution in [2.24, 2.45) is 5.84 Å². The van der Waals surface area contributed by atoms with E-state index in [1.54, 1.807) is 0 Å². The zero-order chi connectivity index (χ0) is 13.1. The van der Waals surface area contributed by atoms with Crippen LogP contribution in [0.1, 0.15) is 30.9 Å². The van der Waals surface area contributed by atoms with E-state index in [0.717, 1.165) is 35.7 Å². The van der Waals surface area contributed by atoms with Crippen molar-refractivity contribution in [3.63, 3.8) is 0 Å². The highest BCUT2D eigenvalue weighted by Crippen LogP contribution is 2.14. The first-order chi connectivity index (χ1) is 8.67. The molecule has 0 saturated carbocycles. The molecule has 2 aromatic rings. The minimum absolute atomic E-state index is 0.403. The molecule has 0 aliphatic heterocycles. The summed E-state index contributed by atoms with van der Waals surface area (Å²) < 4.78 is 1.86. The number of hydrogen-bond donors (Lipinski definition) is 2. The van der Waals surface area contributed by atoms with Crippen LogP contribution in [0.4, 0.5) is 5.95 Å². The van der Waals surface area contributed by atoms with E-state index in [9.17, 15) is 0 Å². The average molecular weight is 246 g/mol. The van der Waals surface area contributed by atoms with E-state index in [1.807, 2.05) is 17.7 Å². The van der Waals surface area contributed by atoms with Gasteiger partial charge >= 0.3 is 0 Å². The van der Waals surface area contributed by atoms with Gasteiger partial charge in [0.1, 0.15) is 0 Å². The van der Waals surface area contributed by atoms with Crippen LogP contribution in [0, 0.1) is 6.92 Å². The lowest BCUT2D eigenvalue weighted by molar-refractivity contribution is 0.767. The molecule has 3 N–H and O–H groups in total. The Labute approximate surface area is 106 Å². The Kier molecular flexibility index (Phi) is 3.57. The smallest absolute Gasteiger partial charge is 0.239 e. The number of anilines is 1. The van der Waals surface area contributed by atoms with Gasteiger partial charge in [-0.05, 0) is 25.8 Å². The third-order valence-corrected chi connectivity index (χ3v) is 2.74. The highest BCUT2D eigenvalue weighted by molar-refractivity contribution is 5.35. The summed E-state index contributed by atoms with van der Waals surface area (Å²) in [5.41, 5.74) is 5.52. The number of aromatic nitrogens is 4. The van der Waals surface area contributed by atoms with Crippen molar-refractivity contribution in [2.75, 3.05) is 5.43 Å². The monoisotopic (exact) mass is 246 g/mol. The van der Waals surface area contributed by atoms with E-state index in [1.165, 1.54) is 0 Å². The normalized spacial score (nSPS) is 10.7. The topological polar surface area (TPSA) is 81.7 Å². The number of nitrogens with two attached hydrogens (primary N) is 1. The molecule has 18 heavy (non-hydrogen) atoms. The van der Waals surface area contributed by atoms with E-state index in [2.05, 4.69) is 40.4 Å². The lowest BCUT2D eigenvalue weighted by Crippen LogP contribution is -2.13. The summed E-state index contributed by atoms with van der Waals surface area (Å²) in [6, 6.07) is 4.00. The van der Waals surface area contributed by atoms with Crippen LogP contribution in [-0.2, 0) is 12.8 Å². The van der Waals surface area contributed by atoms with Gasteiger partial charge in [0.2, 0.25) is 5.95 Å². The van der Waals surface area contributed by atoms with Crippen molar-refractivity contribution in [2.45, 2.75) is 33.6 Å². The lowest BCUT2D eigenvalue weighted by Gasteiger charge is -2.07. The Balaban J connectivity index is 2.53. The molecule has 0 aromatic carbocycles. The summed E-state index contributed by atoms with van der Waals surface area (Å²) in [4.78, 5) is 8.50. The largest absolute Gasteiger partial charge is 0.292 e. The Morgan fingerprint density at radius 2 is 2.00 bits per heavy atom. The quantitative estimate of drug-likeness (QED) is 0.629. The van der Waals surface area contributed by atoms with E-state index >= 15 is 0 Å². The fourth-order valence-corrected chi connectivity index (χ4v) is 1.82. The first kappa shape index (κ1) is 12.5. The Bertz CT molecular complexity index is 545. The van der Waals surface area contributed by atoms with Gasteiger partial charge < -0.3 is 0 Å². The summed E-state index contributed by atoms with van der Waals surface area (Å²) in [6.07, 6.45) is 1.81. The molecule has 6 heteroatoms. The predicted molar refractivity (Wildman–Crippen MR) is 70.5 cm³/mol. The Morgan fingerprint density at radius 1 is 1.22 bits per heavy atom. The fourth-order valence-electron chi connectivity index (χ4n) is 1.82. The van der Waals surface area contributed by atoms with Crippen molar-refractivity contribution < 1.29 is 0 Å². The lowest BCUT2D eigenvalue weighted by atomic mass is 10.2. The summed E-state index contributed by atoms with van der Waals surface area (Å²) in [5.74, 6) is 6.51. The number of nitrogens with zero attached hydrogens (tertiary/aromatic N) is 4. The van der Waals surface area contributed by atoms with Crippen LogP contribution in [-0.4, -0.2) is 19.7 Å². The molecule has 0 fully saturated rings. The number of hydrazine groups is 1. The van der Waals surface area contributed by atoms with Crippen molar-refractivity contribution in [3.05, 3.63) is 29.2 Å². The predicted octanol–water partition coefficient (Wildman–Crippen LogP) is 1.38. The zero-order valence-electron chi connectivity index (χ0n) is 10.9. The van der Waals surface area contributed by atoms with E-state index in [0.29, 0.717) is 5.95 Å². The van der Waals surface area contributed by atoms with E-state index in [4.69, 9.17) is 5.84 Å². The van der Waals surface area contributed by atoms with Crippen molar-refractivity contribution in [1.82, 2.24) is 19.7 Å². The molecule has 0 atom stereocenters. The summed E-state index contributed by atoms with van der Waals surface area (Å²) in [5, 5.41) is 4.54. The molecule has 96 valence electrons. The number of hydrogen-bond acceptors (Lipinski definition) is 5. The zero-order valence-corrected chi connectivity index (χ0v) is 10.9. The molecule has 2 heterocycles. The molecule has 0 amide bonds. The van der Waals surface area contributed by atoms with Crippen LogP contribution in [0.15, 0.2) is 12.1 Å². The molecule has 0 saturated heterocycles. The van der Waals surface area contributed by atoms with E-state index in [-0.39, 0.29) is 0 Å². The third kappa shape index (κ3) is 2.33. The minimum Gasteiger partial charge on any atom is -0.292 e. The first-order valence-corrected chi connectivity index (χ1v) is 6.08. The minimum atomic E-state index is 0.403. The van der Waals surface area contributed by atoms with Crippen molar-refractivity contribution in [1.29, 1.82) is 0 Å². The van der Waals surface area contributed by atoms with Gasteiger partial charge in [0.15, 0.2) is 5.82 Å². The summed E-state index contributed by atoms with van der Waals surface area (Å²) >= 11 is 0. The second-order valence-corrected chi connectivity index (χ2v) is 4.08. The van der Waals surface area contributed by atoms with Gasteiger partial charge in [0, 0.05) is 17.5 Å². The van der Waals surface area contributed by atoms with Crippen LogP contribution in [0.2, 0.25) is 0 Å². The Hall–Kier alpha value is -1.95. The average Bonchev–Trinajstić information content (AvgIpc) is 2.81. The Morgan fingerprint density at radius 3 is 2.61 bits per heavy atom. The molecular weight excluding hydrogens is 228 g/mol. The van der Waals surface area contributed by atoms with Gasteiger partial charge in [-0.15, -0.1) is 0 Å². The molecule has 0 aliphatic rings. The van der Waals surface area contributed by atoms with Crippen LogP contribution in [0.5, 0.6) is 0 Å². The molecule has 0 radical (unpaired) electrons. The fraction of sp³-hybridized carbons (Fsp3) is 0.417. The van der Waals surface area contributed by atoms with Gasteiger partial charge in [0.05, 0.1) is 5.69 Å².